The van der Waals surface area contributed by atoms with Crippen molar-refractivity contribution in [2.75, 3.05) is 7.05 Å². The largest absolute Gasteiger partial charge is 0.386 e. The minimum absolute atomic E-state index is 0.0216. The molecule has 1 unspecified atom stereocenters. The number of allylic oxidation sites excluding steroid dienone is 1. The van der Waals surface area contributed by atoms with Gasteiger partial charge in [0.25, 0.3) is 6.20 Å². The molecular formula is C11H14ClN3O2. The van der Waals surface area contributed by atoms with Crippen molar-refractivity contribution in [2.24, 2.45) is 5.92 Å². The van der Waals surface area contributed by atoms with Gasteiger partial charge in [-0.2, -0.15) is 0 Å². The number of rotatable bonds is 5. The fourth-order valence-corrected chi connectivity index (χ4v) is 1.65. The Morgan fingerprint density at radius 2 is 2.41 bits per heavy atom. The van der Waals surface area contributed by atoms with E-state index in [0.717, 1.165) is 11.8 Å². The smallest absolute Gasteiger partial charge is 0.253 e. The van der Waals surface area contributed by atoms with E-state index in [2.05, 4.69) is 10.3 Å². The highest BCUT2D eigenvalue weighted by molar-refractivity contribution is 6.29. The molecule has 1 heterocycles. The Kier molecular flexibility index (Phi) is 4.90. The van der Waals surface area contributed by atoms with Crippen molar-refractivity contribution in [2.45, 2.75) is 13.3 Å². The molecule has 5 nitrogen and oxygen atoms in total. The van der Waals surface area contributed by atoms with Crippen LogP contribution in [0.25, 0.3) is 0 Å². The number of hydrogen-bond acceptors (Lipinski definition) is 4. The summed E-state index contributed by atoms with van der Waals surface area (Å²) in [6.45, 7) is 1.92. The molecule has 0 aliphatic heterocycles. The molecule has 0 aliphatic rings. The van der Waals surface area contributed by atoms with Crippen molar-refractivity contribution in [1.82, 2.24) is 10.3 Å². The van der Waals surface area contributed by atoms with Gasteiger partial charge in [-0.3, -0.25) is 10.1 Å². The summed E-state index contributed by atoms with van der Waals surface area (Å²) in [7, 11) is 1.67. The van der Waals surface area contributed by atoms with E-state index in [9.17, 15) is 10.1 Å². The van der Waals surface area contributed by atoms with Crippen molar-refractivity contribution >= 4 is 11.6 Å². The molecule has 0 spiro atoms. The third-order valence-electron chi connectivity index (χ3n) is 2.39. The molecule has 0 saturated heterocycles. The van der Waals surface area contributed by atoms with Crippen LogP contribution >= 0.6 is 11.6 Å². The van der Waals surface area contributed by atoms with E-state index in [1.54, 1.807) is 19.3 Å². The van der Waals surface area contributed by atoms with E-state index in [-0.39, 0.29) is 5.92 Å². The van der Waals surface area contributed by atoms with Crippen LogP contribution in [0.5, 0.6) is 0 Å². The third-order valence-corrected chi connectivity index (χ3v) is 2.62. The fourth-order valence-electron chi connectivity index (χ4n) is 1.54. The topological polar surface area (TPSA) is 68.1 Å². The van der Waals surface area contributed by atoms with Gasteiger partial charge in [-0.1, -0.05) is 24.6 Å². The number of hydrogen-bond donors (Lipinski definition) is 1. The van der Waals surface area contributed by atoms with Crippen LogP contribution in [0, 0.1) is 16.0 Å². The Balaban J connectivity index is 2.73. The molecule has 1 aromatic heterocycles. The third kappa shape index (κ3) is 4.40. The first-order valence-electron chi connectivity index (χ1n) is 5.16. The number of nitrogens with zero attached hydrogens (tertiary/aromatic N) is 2. The zero-order valence-corrected chi connectivity index (χ0v) is 10.4. The minimum Gasteiger partial charge on any atom is -0.386 e. The van der Waals surface area contributed by atoms with Gasteiger partial charge in [0.1, 0.15) is 5.15 Å². The normalized spacial score (nSPS) is 13.2. The van der Waals surface area contributed by atoms with Gasteiger partial charge in [0.2, 0.25) is 0 Å². The van der Waals surface area contributed by atoms with Crippen LogP contribution in [-0.4, -0.2) is 17.0 Å². The van der Waals surface area contributed by atoms with Crippen molar-refractivity contribution in [3.63, 3.8) is 0 Å². The van der Waals surface area contributed by atoms with Gasteiger partial charge in [0, 0.05) is 19.2 Å². The summed E-state index contributed by atoms with van der Waals surface area (Å²) >= 11 is 5.68. The average molecular weight is 256 g/mol. The van der Waals surface area contributed by atoms with Crippen molar-refractivity contribution in [1.29, 1.82) is 0 Å². The van der Waals surface area contributed by atoms with E-state index in [1.165, 1.54) is 0 Å². The predicted molar refractivity (Wildman–Crippen MR) is 66.3 cm³/mol. The van der Waals surface area contributed by atoms with Gasteiger partial charge in [0.15, 0.2) is 0 Å². The van der Waals surface area contributed by atoms with Gasteiger partial charge in [-0.05, 0) is 18.1 Å². The number of halogens is 1. The van der Waals surface area contributed by atoms with Crippen LogP contribution in [0.3, 0.4) is 0 Å². The second kappa shape index (κ2) is 6.20. The lowest BCUT2D eigenvalue weighted by molar-refractivity contribution is -0.404. The first-order chi connectivity index (χ1) is 8.02. The molecule has 1 atom stereocenters. The van der Waals surface area contributed by atoms with Gasteiger partial charge in [-0.15, -0.1) is 0 Å². The van der Waals surface area contributed by atoms with E-state index < -0.39 is 4.92 Å². The second-order valence-electron chi connectivity index (χ2n) is 3.71. The summed E-state index contributed by atoms with van der Waals surface area (Å²) in [6.07, 6.45) is 3.34. The molecule has 1 aromatic rings. The van der Waals surface area contributed by atoms with Crippen LogP contribution < -0.4 is 5.32 Å². The number of pyridine rings is 1. The molecule has 0 amide bonds. The van der Waals surface area contributed by atoms with Gasteiger partial charge >= 0.3 is 0 Å². The van der Waals surface area contributed by atoms with E-state index in [1.807, 2.05) is 13.0 Å². The molecule has 0 radical (unpaired) electrons. The van der Waals surface area contributed by atoms with Crippen LogP contribution in [0.15, 0.2) is 30.2 Å². The average Bonchev–Trinajstić information content (AvgIpc) is 2.28. The summed E-state index contributed by atoms with van der Waals surface area (Å²) in [6, 6.07) is 3.57. The van der Waals surface area contributed by atoms with Crippen molar-refractivity contribution in [3.05, 3.63) is 51.1 Å². The van der Waals surface area contributed by atoms with E-state index in [0.29, 0.717) is 17.3 Å². The summed E-state index contributed by atoms with van der Waals surface area (Å²) < 4.78 is 0. The molecule has 0 fully saturated rings. The van der Waals surface area contributed by atoms with Gasteiger partial charge in [0.05, 0.1) is 10.6 Å². The van der Waals surface area contributed by atoms with Crippen molar-refractivity contribution < 1.29 is 4.92 Å². The molecule has 1 N–H and O–H groups in total. The van der Waals surface area contributed by atoms with Gasteiger partial charge in [-0.25, -0.2) is 4.98 Å². The summed E-state index contributed by atoms with van der Waals surface area (Å²) in [5, 5.41) is 13.7. The molecule has 0 aliphatic carbocycles. The zero-order valence-electron chi connectivity index (χ0n) is 9.68. The molecule has 0 bridgehead atoms. The predicted octanol–water partition coefficient (Wildman–Crippen LogP) is 2.25. The maximum absolute atomic E-state index is 10.4. The van der Waals surface area contributed by atoms with Gasteiger partial charge < -0.3 is 5.32 Å². The van der Waals surface area contributed by atoms with Crippen LogP contribution in [-0.2, 0) is 6.42 Å². The molecular weight excluding hydrogens is 242 g/mol. The lowest BCUT2D eigenvalue weighted by Crippen LogP contribution is -2.17. The van der Waals surface area contributed by atoms with E-state index in [4.69, 9.17) is 11.6 Å². The minimum atomic E-state index is -0.456. The lowest BCUT2D eigenvalue weighted by atomic mass is 9.99. The standard InChI is InChI=1S/C11H14ClN3O2/c1-8(10(13-2)7-15(16)17)5-9-3-4-11(12)14-6-9/h3-4,6-8,13H,5H2,1-2H3. The highest BCUT2D eigenvalue weighted by Crippen LogP contribution is 2.15. The SMILES string of the molecule is CNC(=C[N+](=O)[O-])C(C)Cc1ccc(Cl)nc1. The zero-order chi connectivity index (χ0) is 12.8. The highest BCUT2D eigenvalue weighted by Gasteiger charge is 2.12. The van der Waals surface area contributed by atoms with Crippen LogP contribution in [0.4, 0.5) is 0 Å². The van der Waals surface area contributed by atoms with Crippen LogP contribution in [0.2, 0.25) is 5.15 Å². The first kappa shape index (κ1) is 13.4. The fraction of sp³-hybridized carbons (Fsp3) is 0.364. The summed E-state index contributed by atoms with van der Waals surface area (Å²) in [5.41, 5.74) is 1.58. The molecule has 17 heavy (non-hydrogen) atoms. The Labute approximate surface area is 105 Å². The van der Waals surface area contributed by atoms with Crippen LogP contribution in [0.1, 0.15) is 12.5 Å². The maximum Gasteiger partial charge on any atom is 0.253 e. The quantitative estimate of drug-likeness (QED) is 0.498. The number of nitro groups is 1. The highest BCUT2D eigenvalue weighted by atomic mass is 35.5. The molecule has 0 aromatic carbocycles. The monoisotopic (exact) mass is 255 g/mol. The second-order valence-corrected chi connectivity index (χ2v) is 4.10. The molecule has 6 heteroatoms. The Bertz CT molecular complexity index is 417. The Morgan fingerprint density at radius 1 is 1.71 bits per heavy atom. The molecule has 92 valence electrons. The number of aromatic nitrogens is 1. The number of nitrogens with one attached hydrogen (secondary N) is 1. The van der Waals surface area contributed by atoms with Crippen molar-refractivity contribution in [3.8, 4) is 0 Å². The first-order valence-corrected chi connectivity index (χ1v) is 5.54. The Morgan fingerprint density at radius 3 is 2.88 bits per heavy atom. The van der Waals surface area contributed by atoms with E-state index >= 15 is 0 Å². The summed E-state index contributed by atoms with van der Waals surface area (Å²) in [5.74, 6) is 0.0216. The maximum atomic E-state index is 10.4. The molecule has 1 rings (SSSR count). The lowest BCUT2D eigenvalue weighted by Gasteiger charge is -2.13. The molecule has 0 saturated carbocycles. The Hall–Kier alpha value is -1.62. The summed E-state index contributed by atoms with van der Waals surface area (Å²) in [4.78, 5) is 13.9.